The van der Waals surface area contributed by atoms with Gasteiger partial charge in [0.1, 0.15) is 0 Å². The number of ether oxygens (including phenoxy) is 1. The van der Waals surface area contributed by atoms with Gasteiger partial charge in [0.25, 0.3) is 0 Å². The van der Waals surface area contributed by atoms with Crippen molar-refractivity contribution in [2.75, 3.05) is 19.7 Å². The number of hydrogen-bond donors (Lipinski definition) is 1. The lowest BCUT2D eigenvalue weighted by molar-refractivity contribution is 0.114. The molecular weight excluding hydrogens is 220 g/mol. The van der Waals surface area contributed by atoms with Crippen molar-refractivity contribution in [3.05, 3.63) is 16.6 Å². The Bertz CT molecular complexity index is 271. The Morgan fingerprint density at radius 3 is 3.31 bits per heavy atom. The third-order valence-corrected chi connectivity index (χ3v) is 3.78. The Kier molecular flexibility index (Phi) is 5.25. The third kappa shape index (κ3) is 4.20. The maximum Gasteiger partial charge on any atom is 0.0825 e. The molecule has 0 spiro atoms. The highest BCUT2D eigenvalue weighted by Crippen LogP contribution is 2.16. The summed E-state index contributed by atoms with van der Waals surface area (Å²) in [5, 5.41) is 3.45. The van der Waals surface area contributed by atoms with Crippen LogP contribution in [0.5, 0.6) is 0 Å². The van der Waals surface area contributed by atoms with Crippen molar-refractivity contribution in [2.45, 2.75) is 32.3 Å². The van der Waals surface area contributed by atoms with Crippen molar-refractivity contribution >= 4 is 11.3 Å². The van der Waals surface area contributed by atoms with Crippen molar-refractivity contribution in [3.8, 4) is 0 Å². The molecule has 0 aliphatic carbocycles. The number of piperidine rings is 1. The lowest BCUT2D eigenvalue weighted by Crippen LogP contribution is -2.29. The Morgan fingerprint density at radius 1 is 1.56 bits per heavy atom. The second-order valence-electron chi connectivity index (χ2n) is 4.37. The molecule has 1 fully saturated rings. The van der Waals surface area contributed by atoms with Gasteiger partial charge >= 0.3 is 0 Å². The second-order valence-corrected chi connectivity index (χ2v) is 5.35. The molecule has 1 unspecified atom stereocenters. The van der Waals surface area contributed by atoms with Crippen LogP contribution in [0.15, 0.2) is 11.7 Å². The van der Waals surface area contributed by atoms with Gasteiger partial charge in [0.05, 0.1) is 17.0 Å². The minimum atomic E-state index is 0.730. The summed E-state index contributed by atoms with van der Waals surface area (Å²) in [6.45, 7) is 4.02. The predicted molar refractivity (Wildman–Crippen MR) is 66.6 cm³/mol. The first-order valence-corrected chi connectivity index (χ1v) is 6.99. The average molecular weight is 240 g/mol. The van der Waals surface area contributed by atoms with Crippen LogP contribution in [0.4, 0.5) is 0 Å². The molecule has 2 rings (SSSR count). The smallest absolute Gasteiger partial charge is 0.0825 e. The molecule has 90 valence electrons. The van der Waals surface area contributed by atoms with Crippen LogP contribution in [0.25, 0.3) is 0 Å². The maximum absolute atomic E-state index is 5.62. The van der Waals surface area contributed by atoms with Gasteiger partial charge in [0, 0.05) is 12.8 Å². The van der Waals surface area contributed by atoms with Crippen LogP contribution in [0, 0.1) is 5.92 Å². The van der Waals surface area contributed by atoms with E-state index in [9.17, 15) is 0 Å². The van der Waals surface area contributed by atoms with Gasteiger partial charge < -0.3 is 10.1 Å². The van der Waals surface area contributed by atoms with Gasteiger partial charge in [-0.1, -0.05) is 0 Å². The highest BCUT2D eigenvalue weighted by Gasteiger charge is 2.11. The Hall–Kier alpha value is -0.450. The van der Waals surface area contributed by atoms with E-state index in [0.29, 0.717) is 0 Å². The zero-order valence-corrected chi connectivity index (χ0v) is 10.5. The first-order valence-electron chi connectivity index (χ1n) is 6.11. The zero-order valence-electron chi connectivity index (χ0n) is 9.65. The van der Waals surface area contributed by atoms with E-state index in [1.165, 1.54) is 43.6 Å². The molecule has 0 bridgehead atoms. The van der Waals surface area contributed by atoms with E-state index in [1.54, 1.807) is 11.3 Å². The molecule has 1 saturated heterocycles. The number of aromatic nitrogens is 1. The Morgan fingerprint density at radius 2 is 2.56 bits per heavy atom. The molecule has 1 aromatic rings. The van der Waals surface area contributed by atoms with Gasteiger partial charge in [0.2, 0.25) is 0 Å². The van der Waals surface area contributed by atoms with Crippen LogP contribution in [0.2, 0.25) is 0 Å². The van der Waals surface area contributed by atoms with Crippen LogP contribution in [-0.4, -0.2) is 24.7 Å². The quantitative estimate of drug-likeness (QED) is 0.776. The molecule has 4 heteroatoms. The van der Waals surface area contributed by atoms with E-state index < -0.39 is 0 Å². The predicted octanol–water partition coefficient (Wildman–Crippen LogP) is 2.44. The maximum atomic E-state index is 5.62. The van der Waals surface area contributed by atoms with Gasteiger partial charge in [-0.2, -0.15) is 0 Å². The summed E-state index contributed by atoms with van der Waals surface area (Å²) >= 11 is 1.66. The number of nitrogens with one attached hydrogen (secondary N) is 1. The molecule has 3 nitrogen and oxygen atoms in total. The van der Waals surface area contributed by atoms with E-state index in [-0.39, 0.29) is 0 Å². The SMILES string of the molecule is c1ncc(COCCCC2CCCNC2)s1. The lowest BCUT2D eigenvalue weighted by Gasteiger charge is -2.22. The van der Waals surface area contributed by atoms with E-state index in [4.69, 9.17) is 4.74 Å². The van der Waals surface area contributed by atoms with Crippen LogP contribution >= 0.6 is 11.3 Å². The molecule has 0 amide bonds. The monoisotopic (exact) mass is 240 g/mol. The fraction of sp³-hybridized carbons (Fsp3) is 0.750. The second kappa shape index (κ2) is 6.99. The average Bonchev–Trinajstić information content (AvgIpc) is 2.83. The molecule has 1 aliphatic rings. The lowest BCUT2D eigenvalue weighted by atomic mass is 9.95. The molecule has 1 atom stereocenters. The summed E-state index contributed by atoms with van der Waals surface area (Å²) in [7, 11) is 0. The van der Waals surface area contributed by atoms with Gasteiger partial charge in [-0.05, 0) is 44.7 Å². The highest BCUT2D eigenvalue weighted by atomic mass is 32.1. The molecule has 2 heterocycles. The number of thiazole rings is 1. The zero-order chi connectivity index (χ0) is 11.1. The van der Waals surface area contributed by atoms with Crippen molar-refractivity contribution in [2.24, 2.45) is 5.92 Å². The van der Waals surface area contributed by atoms with E-state index in [0.717, 1.165) is 19.1 Å². The molecule has 1 aromatic heterocycles. The summed E-state index contributed by atoms with van der Waals surface area (Å²) in [4.78, 5) is 5.25. The minimum absolute atomic E-state index is 0.730. The van der Waals surface area contributed by atoms with Crippen LogP contribution in [0.3, 0.4) is 0 Å². The largest absolute Gasteiger partial charge is 0.376 e. The highest BCUT2D eigenvalue weighted by molar-refractivity contribution is 7.09. The van der Waals surface area contributed by atoms with Gasteiger partial charge in [-0.3, -0.25) is 4.98 Å². The Labute approximate surface area is 101 Å². The number of hydrogen-bond acceptors (Lipinski definition) is 4. The standard InChI is InChI=1S/C12H20N2OS/c1-3-11(7-13-5-1)4-2-6-15-9-12-8-14-10-16-12/h8,10-11,13H,1-7,9H2. The summed E-state index contributed by atoms with van der Waals surface area (Å²) < 4.78 is 5.62. The summed E-state index contributed by atoms with van der Waals surface area (Å²) in [6.07, 6.45) is 7.10. The van der Waals surface area contributed by atoms with Crippen LogP contribution in [-0.2, 0) is 11.3 Å². The fourth-order valence-electron chi connectivity index (χ4n) is 2.13. The molecule has 1 aliphatic heterocycles. The van der Waals surface area contributed by atoms with Crippen molar-refractivity contribution in [1.29, 1.82) is 0 Å². The molecule has 0 aromatic carbocycles. The molecule has 0 radical (unpaired) electrons. The summed E-state index contributed by atoms with van der Waals surface area (Å²) in [5.74, 6) is 0.876. The van der Waals surface area contributed by atoms with Crippen molar-refractivity contribution in [1.82, 2.24) is 10.3 Å². The molecule has 16 heavy (non-hydrogen) atoms. The van der Waals surface area contributed by atoms with Gasteiger partial charge in [0.15, 0.2) is 0 Å². The Balaban J connectivity index is 1.48. The summed E-state index contributed by atoms with van der Waals surface area (Å²) in [5.41, 5.74) is 1.85. The first-order chi connectivity index (χ1) is 7.95. The minimum Gasteiger partial charge on any atom is -0.376 e. The molecule has 1 N–H and O–H groups in total. The fourth-order valence-corrected chi connectivity index (χ4v) is 2.66. The normalized spacial score (nSPS) is 21.1. The van der Waals surface area contributed by atoms with Crippen LogP contribution < -0.4 is 5.32 Å². The van der Waals surface area contributed by atoms with Gasteiger partial charge in [-0.25, -0.2) is 0 Å². The van der Waals surface area contributed by atoms with E-state index in [1.807, 2.05) is 11.7 Å². The van der Waals surface area contributed by atoms with Gasteiger partial charge in [-0.15, -0.1) is 11.3 Å². The first kappa shape index (κ1) is 12.0. The van der Waals surface area contributed by atoms with Crippen molar-refractivity contribution in [3.63, 3.8) is 0 Å². The molecule has 0 saturated carbocycles. The topological polar surface area (TPSA) is 34.1 Å². The number of rotatable bonds is 6. The number of nitrogens with zero attached hydrogens (tertiary/aromatic N) is 1. The third-order valence-electron chi connectivity index (χ3n) is 3.03. The molecular formula is C12H20N2OS. The van der Waals surface area contributed by atoms with E-state index in [2.05, 4.69) is 10.3 Å². The summed E-state index contributed by atoms with van der Waals surface area (Å²) in [6, 6.07) is 0. The van der Waals surface area contributed by atoms with Crippen molar-refractivity contribution < 1.29 is 4.74 Å². The van der Waals surface area contributed by atoms with E-state index >= 15 is 0 Å². The van der Waals surface area contributed by atoms with Crippen LogP contribution in [0.1, 0.15) is 30.6 Å².